The summed E-state index contributed by atoms with van der Waals surface area (Å²) in [7, 11) is 1.97. The molecule has 0 spiro atoms. The number of alkyl halides is 1. The van der Waals surface area contributed by atoms with Crippen LogP contribution in [0.25, 0.3) is 0 Å². The molecule has 0 bridgehead atoms. The first-order valence-electron chi connectivity index (χ1n) is 4.76. The lowest BCUT2D eigenvalue weighted by Crippen LogP contribution is -2.14. The summed E-state index contributed by atoms with van der Waals surface area (Å²) >= 11 is 20.7. The molecule has 0 radical (unpaired) electrons. The van der Waals surface area contributed by atoms with Gasteiger partial charge in [-0.2, -0.15) is 0 Å². The predicted octanol–water partition coefficient (Wildman–Crippen LogP) is 4.89. The molecule has 92 valence electrons. The fourth-order valence-electron chi connectivity index (χ4n) is 1.31. The van der Waals surface area contributed by atoms with Crippen molar-refractivity contribution in [3.05, 3.63) is 31.4 Å². The lowest BCUT2D eigenvalue weighted by atomic mass is 10.4. The minimum atomic E-state index is 0.398. The highest BCUT2D eigenvalue weighted by molar-refractivity contribution is 7.16. The number of aromatic nitrogens is 1. The number of nitrogens with zero attached hydrogens (tertiary/aromatic N) is 2. The zero-order valence-corrected chi connectivity index (χ0v) is 12.8. The van der Waals surface area contributed by atoms with Crippen molar-refractivity contribution in [3.8, 4) is 0 Å². The number of halogens is 3. The van der Waals surface area contributed by atoms with Crippen molar-refractivity contribution in [3.63, 3.8) is 0 Å². The van der Waals surface area contributed by atoms with Gasteiger partial charge in [-0.05, 0) is 12.1 Å². The average Bonchev–Trinajstić information content (AvgIpc) is 2.85. The van der Waals surface area contributed by atoms with Gasteiger partial charge >= 0.3 is 0 Å². The maximum Gasteiger partial charge on any atom is 0.187 e. The third kappa shape index (κ3) is 3.26. The van der Waals surface area contributed by atoms with Gasteiger partial charge in [0.1, 0.15) is 5.15 Å². The molecule has 0 fully saturated rings. The van der Waals surface area contributed by atoms with Crippen molar-refractivity contribution < 1.29 is 0 Å². The van der Waals surface area contributed by atoms with E-state index in [1.54, 1.807) is 11.3 Å². The second-order valence-corrected chi connectivity index (χ2v) is 6.89. The van der Waals surface area contributed by atoms with Crippen LogP contribution in [0.2, 0.25) is 9.49 Å². The third-order valence-corrected chi connectivity index (χ3v) is 5.34. The fraction of sp³-hybridized carbons (Fsp3) is 0.300. The van der Waals surface area contributed by atoms with Crippen LogP contribution >= 0.6 is 57.5 Å². The first-order valence-corrected chi connectivity index (χ1v) is 7.69. The van der Waals surface area contributed by atoms with Crippen molar-refractivity contribution in [1.82, 2.24) is 4.98 Å². The highest BCUT2D eigenvalue weighted by Gasteiger charge is 2.12. The molecule has 0 aliphatic carbocycles. The van der Waals surface area contributed by atoms with Gasteiger partial charge in [-0.3, -0.25) is 0 Å². The Hall–Kier alpha value is -0.0000000000000000278. The van der Waals surface area contributed by atoms with Crippen LogP contribution in [0.3, 0.4) is 0 Å². The quantitative estimate of drug-likeness (QED) is 0.743. The van der Waals surface area contributed by atoms with Crippen molar-refractivity contribution in [1.29, 1.82) is 0 Å². The van der Waals surface area contributed by atoms with Crippen LogP contribution in [0.5, 0.6) is 0 Å². The van der Waals surface area contributed by atoms with Gasteiger partial charge in [0.05, 0.1) is 21.6 Å². The van der Waals surface area contributed by atoms with Crippen molar-refractivity contribution >= 4 is 62.6 Å². The highest BCUT2D eigenvalue weighted by Crippen LogP contribution is 2.31. The minimum Gasteiger partial charge on any atom is -0.346 e. The zero-order valence-electron chi connectivity index (χ0n) is 8.91. The first-order chi connectivity index (χ1) is 8.10. The molecule has 2 rings (SSSR count). The molecule has 2 nitrogen and oxygen atoms in total. The normalized spacial score (nSPS) is 10.8. The monoisotopic (exact) mass is 326 g/mol. The Labute approximate surface area is 123 Å². The van der Waals surface area contributed by atoms with E-state index >= 15 is 0 Å². The predicted molar refractivity (Wildman–Crippen MR) is 78.1 cm³/mol. The van der Waals surface area contributed by atoms with Gasteiger partial charge in [0.15, 0.2) is 5.13 Å². The van der Waals surface area contributed by atoms with Gasteiger partial charge in [0.25, 0.3) is 0 Å². The molecule has 0 N–H and O–H groups in total. The molecular formula is C10H9Cl3N2S2. The smallest absolute Gasteiger partial charge is 0.187 e. The van der Waals surface area contributed by atoms with Crippen LogP contribution < -0.4 is 4.90 Å². The lowest BCUT2D eigenvalue weighted by Gasteiger charge is -2.13. The second-order valence-electron chi connectivity index (χ2n) is 3.41. The molecule has 0 aromatic carbocycles. The summed E-state index contributed by atoms with van der Waals surface area (Å²) in [6.07, 6.45) is 0. The minimum absolute atomic E-state index is 0.398. The summed E-state index contributed by atoms with van der Waals surface area (Å²) < 4.78 is 0.798. The zero-order chi connectivity index (χ0) is 12.4. The summed E-state index contributed by atoms with van der Waals surface area (Å²) in [5.41, 5.74) is 0. The van der Waals surface area contributed by atoms with Crippen molar-refractivity contribution in [2.45, 2.75) is 12.4 Å². The molecular weight excluding hydrogens is 319 g/mol. The first kappa shape index (κ1) is 13.4. The van der Waals surface area contributed by atoms with E-state index in [-0.39, 0.29) is 0 Å². The topological polar surface area (TPSA) is 16.1 Å². The average molecular weight is 328 g/mol. The second kappa shape index (κ2) is 5.76. The van der Waals surface area contributed by atoms with Crippen LogP contribution in [0.4, 0.5) is 5.13 Å². The maximum atomic E-state index is 5.97. The Bertz CT molecular complexity index is 509. The Morgan fingerprint density at radius 2 is 2.06 bits per heavy atom. The fourth-order valence-corrected chi connectivity index (χ4v) is 3.88. The van der Waals surface area contributed by atoms with Gasteiger partial charge < -0.3 is 4.90 Å². The van der Waals surface area contributed by atoms with E-state index in [0.29, 0.717) is 11.0 Å². The van der Waals surface area contributed by atoms with E-state index in [4.69, 9.17) is 34.8 Å². The summed E-state index contributed by atoms with van der Waals surface area (Å²) in [5, 5.41) is 1.37. The number of anilines is 1. The van der Waals surface area contributed by atoms with Crippen LogP contribution in [-0.4, -0.2) is 12.0 Å². The number of hydrogen-bond donors (Lipinski definition) is 0. The molecule has 7 heteroatoms. The van der Waals surface area contributed by atoms with Gasteiger partial charge in [0.2, 0.25) is 0 Å². The number of rotatable bonds is 4. The molecule has 2 aromatic heterocycles. The van der Waals surface area contributed by atoms with Gasteiger partial charge in [-0.15, -0.1) is 22.9 Å². The highest BCUT2D eigenvalue weighted by atomic mass is 35.5. The molecule has 0 aliphatic rings. The summed E-state index contributed by atoms with van der Waals surface area (Å²) in [5.74, 6) is 0.398. The van der Waals surface area contributed by atoms with Gasteiger partial charge in [-0.1, -0.05) is 34.5 Å². The molecule has 0 aliphatic heterocycles. The van der Waals surface area contributed by atoms with Gasteiger partial charge in [-0.25, -0.2) is 4.98 Å². The standard InChI is InChI=1S/C10H9Cl3N2S2/c1-15(5-6-2-3-8(12)16-6)10-14-9(13)7(4-11)17-10/h2-3H,4-5H2,1H3. The molecule has 2 aromatic rings. The maximum absolute atomic E-state index is 5.97. The summed E-state index contributed by atoms with van der Waals surface area (Å²) in [6.45, 7) is 0.767. The van der Waals surface area contributed by atoms with E-state index in [1.807, 2.05) is 24.1 Å². The number of hydrogen-bond acceptors (Lipinski definition) is 4. The van der Waals surface area contributed by atoms with Crippen molar-refractivity contribution in [2.24, 2.45) is 0 Å². The molecule has 0 saturated carbocycles. The Morgan fingerprint density at radius 1 is 1.29 bits per heavy atom. The lowest BCUT2D eigenvalue weighted by molar-refractivity contribution is 0.931. The van der Waals surface area contributed by atoms with Crippen LogP contribution in [0, 0.1) is 0 Å². The van der Waals surface area contributed by atoms with Crippen molar-refractivity contribution in [2.75, 3.05) is 11.9 Å². The molecule has 0 saturated heterocycles. The van der Waals surface area contributed by atoms with E-state index < -0.39 is 0 Å². The molecule has 17 heavy (non-hydrogen) atoms. The third-order valence-electron chi connectivity index (χ3n) is 2.11. The largest absolute Gasteiger partial charge is 0.346 e. The molecule has 0 atom stereocenters. The molecule has 0 unspecified atom stereocenters. The Kier molecular flexibility index (Phi) is 4.55. The SMILES string of the molecule is CN(Cc1ccc(Cl)s1)c1nc(Cl)c(CCl)s1. The van der Waals surface area contributed by atoms with Gasteiger partial charge in [0, 0.05) is 11.9 Å². The van der Waals surface area contributed by atoms with Crippen LogP contribution in [0.1, 0.15) is 9.75 Å². The Morgan fingerprint density at radius 3 is 2.59 bits per heavy atom. The Balaban J connectivity index is 2.11. The molecule has 2 heterocycles. The number of thiazole rings is 1. The van der Waals surface area contributed by atoms with Crippen LogP contribution in [-0.2, 0) is 12.4 Å². The van der Waals surface area contributed by atoms with E-state index in [1.165, 1.54) is 16.2 Å². The number of thiophene rings is 1. The van der Waals surface area contributed by atoms with E-state index in [2.05, 4.69) is 4.98 Å². The van der Waals surface area contributed by atoms with Crippen LogP contribution in [0.15, 0.2) is 12.1 Å². The van der Waals surface area contributed by atoms with E-state index in [0.717, 1.165) is 20.9 Å². The summed E-state index contributed by atoms with van der Waals surface area (Å²) in [6, 6.07) is 3.91. The molecule has 0 amide bonds. The summed E-state index contributed by atoms with van der Waals surface area (Å²) in [4.78, 5) is 8.41. The van der Waals surface area contributed by atoms with E-state index in [9.17, 15) is 0 Å².